The number of rotatable bonds is 7. The Hall–Kier alpha value is -3.60. The van der Waals surface area contributed by atoms with Gasteiger partial charge in [0.15, 0.2) is 11.5 Å². The van der Waals surface area contributed by atoms with Crippen molar-refractivity contribution in [1.29, 1.82) is 0 Å². The fourth-order valence-electron chi connectivity index (χ4n) is 3.75. The molecular weight excluding hydrogens is 450 g/mol. The summed E-state index contributed by atoms with van der Waals surface area (Å²) in [4.78, 5) is 14.4. The molecule has 0 saturated carbocycles. The third-order valence-electron chi connectivity index (χ3n) is 5.31. The number of nitrogens with zero attached hydrogens (tertiary/aromatic N) is 3. The van der Waals surface area contributed by atoms with Gasteiger partial charge in [-0.05, 0) is 36.6 Å². The maximum Gasteiger partial charge on any atom is 0.336 e. The van der Waals surface area contributed by atoms with Gasteiger partial charge in [0.1, 0.15) is 5.75 Å². The Labute approximate surface area is 191 Å². The molecular formula is C22H23N3O7S. The highest BCUT2D eigenvalue weighted by Gasteiger charge is 2.31. The Morgan fingerprint density at radius 2 is 1.76 bits per heavy atom. The lowest BCUT2D eigenvalue weighted by molar-refractivity contribution is -0.116. The van der Waals surface area contributed by atoms with Crippen LogP contribution in [0.1, 0.15) is 12.0 Å². The van der Waals surface area contributed by atoms with Crippen LogP contribution >= 0.6 is 0 Å². The molecule has 0 saturated heterocycles. The van der Waals surface area contributed by atoms with Crippen molar-refractivity contribution in [3.05, 3.63) is 42.0 Å². The van der Waals surface area contributed by atoms with Gasteiger partial charge in [-0.3, -0.25) is 4.79 Å². The monoisotopic (exact) mass is 473 g/mol. The van der Waals surface area contributed by atoms with E-state index in [-0.39, 0.29) is 5.89 Å². The number of para-hydroxylation sites is 1. The fraction of sp³-hybridized carbons (Fsp3) is 0.318. The molecule has 0 radical (unpaired) electrons. The first-order valence-electron chi connectivity index (χ1n) is 10.1. The molecule has 0 fully saturated rings. The van der Waals surface area contributed by atoms with E-state index in [2.05, 4.69) is 10.2 Å². The number of ether oxygens (including phenoxy) is 3. The summed E-state index contributed by atoms with van der Waals surface area (Å²) in [6.07, 6.45) is 1.60. The van der Waals surface area contributed by atoms with Gasteiger partial charge in [0.05, 0.1) is 21.3 Å². The number of sulfone groups is 1. The van der Waals surface area contributed by atoms with Crippen LogP contribution in [0.15, 0.2) is 46.0 Å². The zero-order chi connectivity index (χ0) is 23.6. The van der Waals surface area contributed by atoms with Gasteiger partial charge in [-0.2, -0.15) is 0 Å². The Morgan fingerprint density at radius 3 is 2.42 bits per heavy atom. The van der Waals surface area contributed by atoms with Crippen molar-refractivity contribution in [2.75, 3.05) is 38.5 Å². The largest absolute Gasteiger partial charge is 0.493 e. The number of amides is 1. The molecule has 4 rings (SSSR count). The predicted molar refractivity (Wildman–Crippen MR) is 119 cm³/mol. The van der Waals surface area contributed by atoms with Crippen LogP contribution < -0.4 is 19.1 Å². The van der Waals surface area contributed by atoms with Crippen LogP contribution in [0.3, 0.4) is 0 Å². The van der Waals surface area contributed by atoms with Crippen molar-refractivity contribution in [2.45, 2.75) is 18.1 Å². The first kappa shape index (κ1) is 22.6. The molecule has 1 aliphatic heterocycles. The van der Waals surface area contributed by atoms with Crippen LogP contribution in [0.5, 0.6) is 17.2 Å². The van der Waals surface area contributed by atoms with E-state index in [0.29, 0.717) is 29.4 Å². The molecule has 2 aromatic carbocycles. The molecule has 3 aromatic rings. The molecule has 1 aliphatic rings. The van der Waals surface area contributed by atoms with Crippen molar-refractivity contribution in [2.24, 2.45) is 0 Å². The second kappa shape index (κ2) is 9.10. The molecule has 0 bridgehead atoms. The highest BCUT2D eigenvalue weighted by Crippen LogP contribution is 2.41. The van der Waals surface area contributed by atoms with Gasteiger partial charge in [-0.1, -0.05) is 23.3 Å². The van der Waals surface area contributed by atoms with E-state index in [1.54, 1.807) is 12.1 Å². The summed E-state index contributed by atoms with van der Waals surface area (Å²) < 4.78 is 47.1. The summed E-state index contributed by atoms with van der Waals surface area (Å²) in [6, 6.07) is 10.6. The van der Waals surface area contributed by atoms with Gasteiger partial charge >= 0.3 is 5.22 Å². The summed E-state index contributed by atoms with van der Waals surface area (Å²) in [5.41, 5.74) is 2.11. The maximum atomic E-state index is 12.9. The second-order valence-corrected chi connectivity index (χ2v) is 9.19. The molecule has 174 valence electrons. The molecule has 2 heterocycles. The van der Waals surface area contributed by atoms with Crippen LogP contribution in [0.4, 0.5) is 5.69 Å². The van der Waals surface area contributed by atoms with Crippen LogP contribution in [0, 0.1) is 0 Å². The van der Waals surface area contributed by atoms with Crippen molar-refractivity contribution < 1.29 is 31.8 Å². The number of aryl methyl sites for hydroxylation is 1. The highest BCUT2D eigenvalue weighted by atomic mass is 32.2. The van der Waals surface area contributed by atoms with Gasteiger partial charge in [0, 0.05) is 17.8 Å². The van der Waals surface area contributed by atoms with E-state index in [1.165, 1.54) is 26.2 Å². The topological polar surface area (TPSA) is 121 Å². The molecule has 1 amide bonds. The second-order valence-electron chi connectivity index (χ2n) is 7.32. The van der Waals surface area contributed by atoms with Gasteiger partial charge < -0.3 is 23.5 Å². The van der Waals surface area contributed by atoms with Crippen LogP contribution in [0.2, 0.25) is 0 Å². The number of fused-ring (bicyclic) bond motifs is 1. The fourth-order valence-corrected chi connectivity index (χ4v) is 4.73. The van der Waals surface area contributed by atoms with Gasteiger partial charge in [-0.15, -0.1) is 5.10 Å². The minimum atomic E-state index is -4.16. The zero-order valence-electron chi connectivity index (χ0n) is 18.4. The standard InChI is InChI=1S/C22H23N3O7S/c1-29-17-11-15(12-18(30-2)20(17)31-3)21-23-24-22(32-21)33(27,28)13-19(26)25-10-6-8-14-7-4-5-9-16(14)25/h4-5,7,9,11-12H,6,8,10,13H2,1-3H3. The van der Waals surface area contributed by atoms with Crippen molar-refractivity contribution >= 4 is 21.4 Å². The molecule has 0 N–H and O–H groups in total. The lowest BCUT2D eigenvalue weighted by Gasteiger charge is -2.29. The molecule has 0 spiro atoms. The molecule has 33 heavy (non-hydrogen) atoms. The molecule has 0 unspecified atom stereocenters. The van der Waals surface area contributed by atoms with E-state index >= 15 is 0 Å². The van der Waals surface area contributed by atoms with Crippen molar-refractivity contribution in [3.8, 4) is 28.7 Å². The van der Waals surface area contributed by atoms with E-state index in [1.807, 2.05) is 24.3 Å². The maximum absolute atomic E-state index is 12.9. The first-order valence-corrected chi connectivity index (χ1v) is 11.8. The average molecular weight is 474 g/mol. The SMILES string of the molecule is COc1cc(-c2nnc(S(=O)(=O)CC(=O)N3CCCc4ccccc43)o2)cc(OC)c1OC. The number of hydrogen-bond acceptors (Lipinski definition) is 9. The van der Waals surface area contributed by atoms with Crippen LogP contribution in [-0.2, 0) is 21.1 Å². The Morgan fingerprint density at radius 1 is 1.06 bits per heavy atom. The van der Waals surface area contributed by atoms with E-state index in [4.69, 9.17) is 18.6 Å². The minimum absolute atomic E-state index is 0.0661. The van der Waals surface area contributed by atoms with Gasteiger partial charge in [-0.25, -0.2) is 8.42 Å². The third kappa shape index (κ3) is 4.36. The number of benzene rings is 2. The number of hydrogen-bond donors (Lipinski definition) is 0. The smallest absolute Gasteiger partial charge is 0.336 e. The first-order chi connectivity index (χ1) is 15.9. The molecule has 0 atom stereocenters. The number of anilines is 1. The molecule has 1 aromatic heterocycles. The predicted octanol–water partition coefficient (Wildman–Crippen LogP) is 2.52. The van der Waals surface area contributed by atoms with E-state index < -0.39 is 26.7 Å². The molecule has 10 nitrogen and oxygen atoms in total. The lowest BCUT2D eigenvalue weighted by Crippen LogP contribution is -2.39. The summed E-state index contributed by atoms with van der Waals surface area (Å²) >= 11 is 0. The minimum Gasteiger partial charge on any atom is -0.493 e. The van der Waals surface area contributed by atoms with E-state index in [0.717, 1.165) is 24.1 Å². The summed E-state index contributed by atoms with van der Waals surface area (Å²) in [5, 5.41) is 6.88. The van der Waals surface area contributed by atoms with Crippen molar-refractivity contribution in [1.82, 2.24) is 10.2 Å². The highest BCUT2D eigenvalue weighted by molar-refractivity contribution is 7.91. The van der Waals surface area contributed by atoms with Gasteiger partial charge in [0.2, 0.25) is 27.4 Å². The van der Waals surface area contributed by atoms with Crippen molar-refractivity contribution in [3.63, 3.8) is 0 Å². The average Bonchev–Trinajstić information content (AvgIpc) is 3.34. The zero-order valence-corrected chi connectivity index (χ0v) is 19.2. The Bertz CT molecular complexity index is 1260. The Kier molecular flexibility index (Phi) is 6.23. The van der Waals surface area contributed by atoms with Crippen LogP contribution in [0.25, 0.3) is 11.5 Å². The van der Waals surface area contributed by atoms with Gasteiger partial charge in [0.25, 0.3) is 0 Å². The summed E-state index contributed by atoms with van der Waals surface area (Å²) in [7, 11) is 0.213. The number of carbonyl (C=O) groups is 1. The number of methoxy groups -OCH3 is 3. The molecule has 0 aliphatic carbocycles. The number of carbonyl (C=O) groups excluding carboxylic acids is 1. The number of aromatic nitrogens is 2. The van der Waals surface area contributed by atoms with Crippen LogP contribution in [-0.4, -0.2) is 58.1 Å². The summed E-state index contributed by atoms with van der Waals surface area (Å²) in [5.74, 6) is -0.346. The normalized spacial score (nSPS) is 13.4. The van der Waals surface area contributed by atoms with E-state index in [9.17, 15) is 13.2 Å². The quantitative estimate of drug-likeness (QED) is 0.509. The summed E-state index contributed by atoms with van der Waals surface area (Å²) in [6.45, 7) is 0.450. The lowest BCUT2D eigenvalue weighted by atomic mass is 10.0. The third-order valence-corrected chi connectivity index (χ3v) is 6.63. The Balaban J connectivity index is 1.59. The molecule has 11 heteroatoms.